The molecule has 0 fully saturated rings. The first-order chi connectivity index (χ1) is 7.29. The lowest BCUT2D eigenvalue weighted by Crippen LogP contribution is -1.90. The van der Waals surface area contributed by atoms with Crippen LogP contribution < -0.4 is 0 Å². The zero-order valence-corrected chi connectivity index (χ0v) is 8.05. The van der Waals surface area contributed by atoms with Crippen molar-refractivity contribution in [3.63, 3.8) is 0 Å². The maximum absolute atomic E-state index is 9.11. The van der Waals surface area contributed by atoms with E-state index >= 15 is 0 Å². The number of aliphatic hydroxyl groups is 1. The van der Waals surface area contributed by atoms with Crippen LogP contribution in [0.15, 0.2) is 34.9 Å². The monoisotopic (exact) mass is 205 g/mol. The molecule has 2 N–H and O–H groups in total. The number of hydrogen-bond donors (Lipinski definition) is 2. The highest BCUT2D eigenvalue weighted by Crippen LogP contribution is 2.21. The first-order valence-corrected chi connectivity index (χ1v) is 4.64. The third kappa shape index (κ3) is 2.16. The fourth-order valence-corrected chi connectivity index (χ4v) is 1.27. The van der Waals surface area contributed by atoms with Gasteiger partial charge in [-0.25, -0.2) is 4.98 Å². The Morgan fingerprint density at radius 1 is 1.20 bits per heavy atom. The molecule has 2 rings (SSSR count). The number of hydrogen-bond acceptors (Lipinski definition) is 4. The summed E-state index contributed by atoms with van der Waals surface area (Å²) in [7, 11) is 0. The van der Waals surface area contributed by atoms with Gasteiger partial charge in [0.1, 0.15) is 12.0 Å². The summed E-state index contributed by atoms with van der Waals surface area (Å²) in [5, 5.41) is 17.8. The molecule has 4 heteroatoms. The molecule has 1 aromatic carbocycles. The number of nitrogens with zero attached hydrogens (tertiary/aromatic N) is 1. The largest absolute Gasteiger partial charge is 0.508 e. The molecule has 78 valence electrons. The van der Waals surface area contributed by atoms with Gasteiger partial charge in [0.25, 0.3) is 0 Å². The lowest BCUT2D eigenvalue weighted by molar-refractivity contribution is 0.298. The second-order valence-corrected chi connectivity index (χ2v) is 3.16. The number of aliphatic hydroxyl groups excluding tert-OH is 1. The van der Waals surface area contributed by atoms with Crippen molar-refractivity contribution in [2.75, 3.05) is 6.61 Å². The highest BCUT2D eigenvalue weighted by molar-refractivity contribution is 5.54. The van der Waals surface area contributed by atoms with Gasteiger partial charge in [-0.15, -0.1) is 0 Å². The van der Waals surface area contributed by atoms with Gasteiger partial charge < -0.3 is 14.6 Å². The Labute approximate surface area is 86.8 Å². The van der Waals surface area contributed by atoms with E-state index in [1.54, 1.807) is 24.3 Å². The lowest BCUT2D eigenvalue weighted by atomic mass is 10.2. The van der Waals surface area contributed by atoms with Gasteiger partial charge in [-0.2, -0.15) is 0 Å². The number of aromatic nitrogens is 1. The van der Waals surface area contributed by atoms with Crippen LogP contribution in [0.3, 0.4) is 0 Å². The molecule has 1 aromatic heterocycles. The third-order valence-corrected chi connectivity index (χ3v) is 2.03. The maximum atomic E-state index is 9.11. The van der Waals surface area contributed by atoms with Crippen molar-refractivity contribution >= 4 is 0 Å². The molecule has 1 heterocycles. The van der Waals surface area contributed by atoms with Crippen LogP contribution in [0, 0.1) is 0 Å². The Morgan fingerprint density at radius 2 is 1.93 bits per heavy atom. The third-order valence-electron chi connectivity index (χ3n) is 2.03. The normalized spacial score (nSPS) is 10.5. The zero-order chi connectivity index (χ0) is 10.7. The van der Waals surface area contributed by atoms with Crippen LogP contribution in [-0.4, -0.2) is 21.8 Å². The van der Waals surface area contributed by atoms with Crippen LogP contribution in [0.5, 0.6) is 5.75 Å². The summed E-state index contributed by atoms with van der Waals surface area (Å²) in [6.45, 7) is 0.0571. The van der Waals surface area contributed by atoms with Crippen LogP contribution in [-0.2, 0) is 6.42 Å². The van der Waals surface area contributed by atoms with E-state index in [9.17, 15) is 0 Å². The Kier molecular flexibility index (Phi) is 2.69. The summed E-state index contributed by atoms with van der Waals surface area (Å²) >= 11 is 0. The van der Waals surface area contributed by atoms with Crippen LogP contribution in [0.1, 0.15) is 5.69 Å². The smallest absolute Gasteiger partial charge is 0.226 e. The van der Waals surface area contributed by atoms with Crippen LogP contribution >= 0.6 is 0 Å². The fourth-order valence-electron chi connectivity index (χ4n) is 1.27. The summed E-state index contributed by atoms with van der Waals surface area (Å²) in [5.74, 6) is 0.708. The predicted octanol–water partition coefficient (Wildman–Crippen LogP) is 1.58. The van der Waals surface area contributed by atoms with Crippen LogP contribution in [0.4, 0.5) is 0 Å². The van der Waals surface area contributed by atoms with E-state index in [2.05, 4.69) is 4.98 Å². The average molecular weight is 205 g/mol. The highest BCUT2D eigenvalue weighted by atomic mass is 16.3. The first kappa shape index (κ1) is 9.73. The molecular weight excluding hydrogens is 194 g/mol. The molecule has 0 aliphatic carbocycles. The van der Waals surface area contributed by atoms with E-state index in [-0.39, 0.29) is 12.4 Å². The Balaban J connectivity index is 2.25. The lowest BCUT2D eigenvalue weighted by Gasteiger charge is -1.94. The van der Waals surface area contributed by atoms with Gasteiger partial charge in [-0.05, 0) is 24.3 Å². The summed E-state index contributed by atoms with van der Waals surface area (Å²) < 4.78 is 5.24. The standard InChI is InChI=1S/C11H11NO3/c13-6-5-9-7-15-11(12-9)8-1-3-10(14)4-2-8/h1-4,7,13-14H,5-6H2. The number of phenols is 1. The van der Waals surface area contributed by atoms with Gasteiger partial charge in [0.15, 0.2) is 0 Å². The zero-order valence-electron chi connectivity index (χ0n) is 8.05. The summed E-state index contributed by atoms with van der Waals surface area (Å²) in [6, 6.07) is 6.60. The van der Waals surface area contributed by atoms with Crippen LogP contribution in [0.2, 0.25) is 0 Å². The molecule has 0 aliphatic heterocycles. The van der Waals surface area contributed by atoms with Gasteiger partial charge in [0.05, 0.1) is 5.69 Å². The minimum atomic E-state index is 0.0571. The number of oxazole rings is 1. The average Bonchev–Trinajstić information content (AvgIpc) is 2.68. The maximum Gasteiger partial charge on any atom is 0.226 e. The molecule has 0 aliphatic rings. The minimum Gasteiger partial charge on any atom is -0.508 e. The summed E-state index contributed by atoms with van der Waals surface area (Å²) in [4.78, 5) is 4.19. The van der Waals surface area contributed by atoms with Gasteiger partial charge >= 0.3 is 0 Å². The Bertz CT molecular complexity index is 433. The molecule has 0 spiro atoms. The van der Waals surface area contributed by atoms with E-state index in [0.29, 0.717) is 12.3 Å². The molecule has 2 aromatic rings. The number of aromatic hydroxyl groups is 1. The van der Waals surface area contributed by atoms with Crippen molar-refractivity contribution in [2.24, 2.45) is 0 Å². The summed E-state index contributed by atoms with van der Waals surface area (Å²) in [5.41, 5.74) is 1.53. The SMILES string of the molecule is OCCc1coc(-c2ccc(O)cc2)n1. The van der Waals surface area contributed by atoms with Crippen molar-refractivity contribution in [2.45, 2.75) is 6.42 Å². The van der Waals surface area contributed by atoms with Crippen molar-refractivity contribution < 1.29 is 14.6 Å². The molecule has 0 bridgehead atoms. The molecule has 4 nitrogen and oxygen atoms in total. The van der Waals surface area contributed by atoms with E-state index < -0.39 is 0 Å². The van der Waals surface area contributed by atoms with Crippen molar-refractivity contribution in [3.05, 3.63) is 36.2 Å². The molecule has 0 atom stereocenters. The van der Waals surface area contributed by atoms with E-state index in [1.807, 2.05) is 0 Å². The second-order valence-electron chi connectivity index (χ2n) is 3.16. The topological polar surface area (TPSA) is 66.5 Å². The quantitative estimate of drug-likeness (QED) is 0.798. The van der Waals surface area contributed by atoms with Gasteiger partial charge in [-0.1, -0.05) is 0 Å². The Hall–Kier alpha value is -1.81. The van der Waals surface area contributed by atoms with Crippen molar-refractivity contribution in [1.82, 2.24) is 4.98 Å². The second kappa shape index (κ2) is 4.14. The van der Waals surface area contributed by atoms with E-state index in [0.717, 1.165) is 11.3 Å². The predicted molar refractivity (Wildman–Crippen MR) is 54.4 cm³/mol. The molecule has 15 heavy (non-hydrogen) atoms. The fraction of sp³-hybridized carbons (Fsp3) is 0.182. The van der Waals surface area contributed by atoms with Gasteiger partial charge in [0.2, 0.25) is 5.89 Å². The molecule has 0 saturated heterocycles. The summed E-state index contributed by atoms with van der Waals surface area (Å²) in [6.07, 6.45) is 2.01. The molecule has 0 saturated carbocycles. The molecule has 0 unspecified atom stereocenters. The first-order valence-electron chi connectivity index (χ1n) is 4.64. The Morgan fingerprint density at radius 3 is 2.60 bits per heavy atom. The number of phenolic OH excluding ortho intramolecular Hbond substituents is 1. The van der Waals surface area contributed by atoms with Crippen LogP contribution in [0.25, 0.3) is 11.5 Å². The van der Waals surface area contributed by atoms with E-state index in [4.69, 9.17) is 14.6 Å². The number of rotatable bonds is 3. The van der Waals surface area contributed by atoms with Gasteiger partial charge in [0, 0.05) is 18.6 Å². The minimum absolute atomic E-state index is 0.0571. The molecule has 0 amide bonds. The number of benzene rings is 1. The molecule has 0 radical (unpaired) electrons. The van der Waals surface area contributed by atoms with E-state index in [1.165, 1.54) is 6.26 Å². The van der Waals surface area contributed by atoms with Crippen molar-refractivity contribution in [3.8, 4) is 17.2 Å². The van der Waals surface area contributed by atoms with Gasteiger partial charge in [-0.3, -0.25) is 0 Å². The van der Waals surface area contributed by atoms with Crippen molar-refractivity contribution in [1.29, 1.82) is 0 Å². The molecular formula is C11H11NO3. The highest BCUT2D eigenvalue weighted by Gasteiger charge is 2.05.